The highest BCUT2D eigenvalue weighted by Crippen LogP contribution is 2.43. The first-order valence-electron chi connectivity index (χ1n) is 6.82. The molecule has 2 rings (SSSR count). The number of nitro groups is 1. The van der Waals surface area contributed by atoms with Crippen molar-refractivity contribution in [2.45, 2.75) is 25.7 Å². The van der Waals surface area contributed by atoms with Crippen LogP contribution in [0.3, 0.4) is 0 Å². The second kappa shape index (κ2) is 6.09. The van der Waals surface area contributed by atoms with Crippen LogP contribution in [0.25, 0.3) is 0 Å². The van der Waals surface area contributed by atoms with Crippen molar-refractivity contribution >= 4 is 17.3 Å². The number of hydrogen-bond donors (Lipinski definition) is 2. The first kappa shape index (κ1) is 15.2. The summed E-state index contributed by atoms with van der Waals surface area (Å²) in [4.78, 5) is 22.4. The van der Waals surface area contributed by atoms with E-state index >= 15 is 0 Å². The molecular formula is C14H19N3O4. The number of nitro benzene ring substituents is 1. The van der Waals surface area contributed by atoms with Gasteiger partial charge in [-0.3, -0.25) is 14.9 Å². The molecule has 7 heteroatoms. The predicted octanol–water partition coefficient (Wildman–Crippen LogP) is 2.06. The van der Waals surface area contributed by atoms with Gasteiger partial charge < -0.3 is 15.8 Å². The van der Waals surface area contributed by atoms with Crippen LogP contribution in [0.4, 0.5) is 11.4 Å². The first-order valence-corrected chi connectivity index (χ1v) is 6.82. The topological polar surface area (TPSA) is 107 Å². The smallest absolute Gasteiger partial charge is 0.271 e. The number of carbonyl (C=O) groups is 1. The van der Waals surface area contributed by atoms with E-state index in [1.165, 1.54) is 25.3 Å². The highest BCUT2D eigenvalue weighted by Gasteiger charge is 2.37. The Labute approximate surface area is 122 Å². The van der Waals surface area contributed by atoms with Crippen molar-refractivity contribution in [3.05, 3.63) is 28.3 Å². The third-order valence-electron chi connectivity index (χ3n) is 4.05. The maximum atomic E-state index is 12.1. The van der Waals surface area contributed by atoms with Gasteiger partial charge in [-0.25, -0.2) is 0 Å². The number of ether oxygens (including phenoxy) is 1. The second-order valence-corrected chi connectivity index (χ2v) is 5.42. The Morgan fingerprint density at radius 2 is 2.24 bits per heavy atom. The van der Waals surface area contributed by atoms with Crippen LogP contribution in [0.5, 0.6) is 5.75 Å². The van der Waals surface area contributed by atoms with Crippen molar-refractivity contribution in [3.8, 4) is 5.75 Å². The van der Waals surface area contributed by atoms with E-state index in [0.29, 0.717) is 24.4 Å². The Bertz CT molecular complexity index is 550. The summed E-state index contributed by atoms with van der Waals surface area (Å²) in [5.41, 5.74) is 5.84. The molecule has 21 heavy (non-hydrogen) atoms. The summed E-state index contributed by atoms with van der Waals surface area (Å²) < 4.78 is 5.12. The minimum atomic E-state index is -0.512. The zero-order valence-corrected chi connectivity index (χ0v) is 11.9. The average Bonchev–Trinajstić information content (AvgIpc) is 2.42. The predicted molar refractivity (Wildman–Crippen MR) is 78.2 cm³/mol. The van der Waals surface area contributed by atoms with E-state index in [2.05, 4.69) is 5.32 Å². The summed E-state index contributed by atoms with van der Waals surface area (Å²) in [5.74, 6) is 0.198. The van der Waals surface area contributed by atoms with Crippen LogP contribution in [-0.2, 0) is 4.79 Å². The van der Waals surface area contributed by atoms with Crippen LogP contribution in [0.2, 0.25) is 0 Å². The molecular weight excluding hydrogens is 274 g/mol. The number of carbonyl (C=O) groups excluding carboxylic acids is 1. The standard InChI is InChI=1S/C14H19N3O4/c1-21-12-4-3-10(17(19)20)7-11(12)16-13(18)8-14(9-15)5-2-6-14/h3-4,7H,2,5-6,8-9,15H2,1H3,(H,16,18). The van der Waals surface area contributed by atoms with Crippen molar-refractivity contribution in [3.63, 3.8) is 0 Å². The lowest BCUT2D eigenvalue weighted by molar-refractivity contribution is -0.384. The van der Waals surface area contributed by atoms with E-state index in [1.807, 2.05) is 0 Å². The number of non-ortho nitro benzene ring substituents is 1. The SMILES string of the molecule is COc1ccc([N+](=O)[O-])cc1NC(=O)CC1(CN)CCC1. The lowest BCUT2D eigenvalue weighted by atomic mass is 9.66. The van der Waals surface area contributed by atoms with Gasteiger partial charge in [0.2, 0.25) is 5.91 Å². The lowest BCUT2D eigenvalue weighted by Gasteiger charge is -2.40. The summed E-state index contributed by atoms with van der Waals surface area (Å²) in [6.45, 7) is 0.479. The molecule has 1 amide bonds. The third kappa shape index (κ3) is 3.30. The van der Waals surface area contributed by atoms with Crippen molar-refractivity contribution in [1.82, 2.24) is 0 Å². The lowest BCUT2D eigenvalue weighted by Crippen LogP contribution is -2.40. The Kier molecular flexibility index (Phi) is 4.42. The maximum Gasteiger partial charge on any atom is 0.271 e. The van der Waals surface area contributed by atoms with Crippen LogP contribution in [0.1, 0.15) is 25.7 Å². The molecule has 0 bridgehead atoms. The first-order chi connectivity index (χ1) is 9.99. The van der Waals surface area contributed by atoms with Crippen LogP contribution >= 0.6 is 0 Å². The zero-order valence-electron chi connectivity index (χ0n) is 11.9. The summed E-state index contributed by atoms with van der Waals surface area (Å²) in [6, 6.07) is 4.10. The van der Waals surface area contributed by atoms with Crippen molar-refractivity contribution in [2.75, 3.05) is 19.0 Å². The number of amides is 1. The number of nitrogens with two attached hydrogens (primary N) is 1. The van der Waals surface area contributed by atoms with Gasteiger partial charge in [0.15, 0.2) is 0 Å². The van der Waals surface area contributed by atoms with E-state index in [1.54, 1.807) is 0 Å². The molecule has 0 atom stereocenters. The molecule has 0 saturated heterocycles. The van der Waals surface area contributed by atoms with Crippen LogP contribution < -0.4 is 15.8 Å². The average molecular weight is 293 g/mol. The van der Waals surface area contributed by atoms with Crippen LogP contribution in [0.15, 0.2) is 18.2 Å². The normalized spacial score (nSPS) is 15.9. The van der Waals surface area contributed by atoms with Crippen molar-refractivity contribution in [2.24, 2.45) is 11.1 Å². The monoisotopic (exact) mass is 293 g/mol. The molecule has 3 N–H and O–H groups in total. The molecule has 1 fully saturated rings. The minimum Gasteiger partial charge on any atom is -0.495 e. The van der Waals surface area contributed by atoms with Gasteiger partial charge in [-0.2, -0.15) is 0 Å². The molecule has 0 unspecified atom stereocenters. The number of methoxy groups -OCH3 is 1. The second-order valence-electron chi connectivity index (χ2n) is 5.42. The van der Waals surface area contributed by atoms with E-state index in [4.69, 9.17) is 10.5 Å². The molecule has 1 aliphatic carbocycles. The number of nitrogens with one attached hydrogen (secondary N) is 1. The molecule has 7 nitrogen and oxygen atoms in total. The molecule has 0 radical (unpaired) electrons. The molecule has 0 heterocycles. The third-order valence-corrected chi connectivity index (χ3v) is 4.05. The van der Waals surface area contributed by atoms with Crippen molar-refractivity contribution in [1.29, 1.82) is 0 Å². The fourth-order valence-corrected chi connectivity index (χ4v) is 2.57. The largest absolute Gasteiger partial charge is 0.495 e. The van der Waals surface area contributed by atoms with E-state index in [0.717, 1.165) is 19.3 Å². The Balaban J connectivity index is 2.12. The van der Waals surface area contributed by atoms with Gasteiger partial charge >= 0.3 is 0 Å². The molecule has 1 aliphatic rings. The number of hydrogen-bond acceptors (Lipinski definition) is 5. The maximum absolute atomic E-state index is 12.1. The summed E-state index contributed by atoms with van der Waals surface area (Å²) in [6.07, 6.45) is 3.31. The van der Waals surface area contributed by atoms with Gasteiger partial charge in [-0.05, 0) is 30.9 Å². The van der Waals surface area contributed by atoms with E-state index in [9.17, 15) is 14.9 Å². The Morgan fingerprint density at radius 1 is 1.52 bits per heavy atom. The molecule has 114 valence electrons. The van der Waals surface area contributed by atoms with Gasteiger partial charge in [0, 0.05) is 18.6 Å². The van der Waals surface area contributed by atoms with Gasteiger partial charge in [-0.1, -0.05) is 6.42 Å². The summed E-state index contributed by atoms with van der Waals surface area (Å²) >= 11 is 0. The molecule has 1 aromatic carbocycles. The van der Waals surface area contributed by atoms with Crippen molar-refractivity contribution < 1.29 is 14.5 Å². The van der Waals surface area contributed by atoms with Crippen LogP contribution in [-0.4, -0.2) is 24.5 Å². The Morgan fingerprint density at radius 3 is 2.71 bits per heavy atom. The number of benzene rings is 1. The molecule has 1 aromatic rings. The fourth-order valence-electron chi connectivity index (χ4n) is 2.57. The zero-order chi connectivity index (χ0) is 15.5. The molecule has 0 aromatic heterocycles. The fraction of sp³-hybridized carbons (Fsp3) is 0.500. The van der Waals surface area contributed by atoms with Crippen LogP contribution in [0, 0.1) is 15.5 Å². The molecule has 1 saturated carbocycles. The van der Waals surface area contributed by atoms with Gasteiger partial charge in [-0.15, -0.1) is 0 Å². The summed E-state index contributed by atoms with van der Waals surface area (Å²) in [7, 11) is 1.45. The number of anilines is 1. The number of nitrogens with zero attached hydrogens (tertiary/aromatic N) is 1. The highest BCUT2D eigenvalue weighted by molar-refractivity contribution is 5.93. The van der Waals surface area contributed by atoms with E-state index in [-0.39, 0.29) is 17.0 Å². The highest BCUT2D eigenvalue weighted by atomic mass is 16.6. The van der Waals surface area contributed by atoms with Gasteiger partial charge in [0.25, 0.3) is 5.69 Å². The van der Waals surface area contributed by atoms with Gasteiger partial charge in [0.05, 0.1) is 17.7 Å². The minimum absolute atomic E-state index is 0.0942. The number of rotatable bonds is 6. The van der Waals surface area contributed by atoms with Gasteiger partial charge in [0.1, 0.15) is 5.75 Å². The summed E-state index contributed by atoms with van der Waals surface area (Å²) in [5, 5.41) is 13.5. The Hall–Kier alpha value is -2.15. The molecule has 0 spiro atoms. The molecule has 0 aliphatic heterocycles. The quantitative estimate of drug-likeness (QED) is 0.616. The van der Waals surface area contributed by atoms with E-state index < -0.39 is 4.92 Å².